The molecule has 0 heterocycles. The number of hydrogen-bond donors (Lipinski definition) is 1. The Morgan fingerprint density at radius 2 is 1.78 bits per heavy atom. The van der Waals surface area contributed by atoms with Crippen LogP contribution in [0.25, 0.3) is 0 Å². The van der Waals surface area contributed by atoms with Crippen LogP contribution in [0.5, 0.6) is 11.5 Å². The smallest absolute Gasteiger partial charge is 0.162 e. The summed E-state index contributed by atoms with van der Waals surface area (Å²) in [4.78, 5) is 11.2. The van der Waals surface area contributed by atoms with Crippen molar-refractivity contribution in [3.05, 3.63) is 18.2 Å². The number of ketones is 1. The minimum Gasteiger partial charge on any atom is -0.493 e. The molecule has 0 radical (unpaired) electrons. The Labute approximate surface area is 107 Å². The number of carbonyl (C=O) groups is 1. The molecule has 1 aromatic rings. The molecule has 0 aromatic heterocycles. The normalized spacial score (nSPS) is 16.4. The Hall–Kier alpha value is -1.71. The van der Waals surface area contributed by atoms with Crippen molar-refractivity contribution in [3.63, 3.8) is 0 Å². The van der Waals surface area contributed by atoms with Crippen LogP contribution in [0, 0.1) is 0 Å². The third kappa shape index (κ3) is 2.94. The summed E-state index contributed by atoms with van der Waals surface area (Å²) in [6.45, 7) is 0. The van der Waals surface area contributed by atoms with Crippen molar-refractivity contribution in [3.8, 4) is 11.5 Å². The van der Waals surface area contributed by atoms with E-state index >= 15 is 0 Å². The van der Waals surface area contributed by atoms with Gasteiger partial charge in [-0.1, -0.05) is 0 Å². The van der Waals surface area contributed by atoms with Crippen molar-refractivity contribution in [2.24, 2.45) is 0 Å². The molecule has 4 nitrogen and oxygen atoms in total. The first kappa shape index (κ1) is 12.7. The summed E-state index contributed by atoms with van der Waals surface area (Å²) in [5.41, 5.74) is 1.01. The minimum absolute atomic E-state index is 0.375. The van der Waals surface area contributed by atoms with Gasteiger partial charge < -0.3 is 14.8 Å². The highest BCUT2D eigenvalue weighted by atomic mass is 16.5. The van der Waals surface area contributed by atoms with Gasteiger partial charge in [0.05, 0.1) is 14.2 Å². The summed E-state index contributed by atoms with van der Waals surface area (Å²) in [6, 6.07) is 6.16. The van der Waals surface area contributed by atoms with Gasteiger partial charge in [-0.15, -0.1) is 0 Å². The highest BCUT2D eigenvalue weighted by Gasteiger charge is 2.18. The van der Waals surface area contributed by atoms with Crippen molar-refractivity contribution < 1.29 is 14.3 Å². The molecule has 1 saturated carbocycles. The van der Waals surface area contributed by atoms with E-state index < -0.39 is 0 Å². The summed E-state index contributed by atoms with van der Waals surface area (Å²) in [5.74, 6) is 1.82. The molecule has 1 aromatic carbocycles. The minimum atomic E-state index is 0.375. The molecule has 0 spiro atoms. The van der Waals surface area contributed by atoms with Crippen molar-refractivity contribution in [2.45, 2.75) is 31.7 Å². The highest BCUT2D eigenvalue weighted by Crippen LogP contribution is 2.31. The van der Waals surface area contributed by atoms with E-state index in [1.54, 1.807) is 14.2 Å². The Bertz CT molecular complexity index is 421. The van der Waals surface area contributed by atoms with Gasteiger partial charge in [-0.3, -0.25) is 4.79 Å². The summed E-state index contributed by atoms with van der Waals surface area (Å²) in [5, 5.41) is 3.44. The average molecular weight is 249 g/mol. The number of hydrogen-bond acceptors (Lipinski definition) is 4. The van der Waals surface area contributed by atoms with Crippen LogP contribution in [0.15, 0.2) is 18.2 Å². The number of carbonyl (C=O) groups excluding carboxylic acids is 1. The number of methoxy groups -OCH3 is 2. The van der Waals surface area contributed by atoms with Crippen LogP contribution >= 0.6 is 0 Å². The van der Waals surface area contributed by atoms with E-state index in [1.807, 2.05) is 18.2 Å². The maximum atomic E-state index is 11.2. The number of ether oxygens (including phenoxy) is 2. The van der Waals surface area contributed by atoms with Crippen molar-refractivity contribution in [1.29, 1.82) is 0 Å². The first-order chi connectivity index (χ1) is 8.72. The lowest BCUT2D eigenvalue weighted by molar-refractivity contribution is -0.120. The second kappa shape index (κ2) is 5.76. The average Bonchev–Trinajstić information content (AvgIpc) is 2.41. The predicted octanol–water partition coefficient (Wildman–Crippen LogP) is 2.63. The maximum absolute atomic E-state index is 11.2. The molecule has 4 heteroatoms. The summed E-state index contributed by atoms with van der Waals surface area (Å²) in [6.07, 6.45) is 3.19. The Kier molecular flexibility index (Phi) is 4.07. The van der Waals surface area contributed by atoms with Crippen LogP contribution in [0.1, 0.15) is 25.7 Å². The van der Waals surface area contributed by atoms with E-state index in [0.717, 1.165) is 30.0 Å². The molecular formula is C14H19NO3. The lowest BCUT2D eigenvalue weighted by Crippen LogP contribution is -2.25. The zero-order valence-electron chi connectivity index (χ0n) is 10.9. The molecule has 1 N–H and O–H groups in total. The van der Waals surface area contributed by atoms with Crippen molar-refractivity contribution >= 4 is 11.5 Å². The van der Waals surface area contributed by atoms with Crippen LogP contribution in [0.2, 0.25) is 0 Å². The Balaban J connectivity index is 2.03. The number of Topliss-reactive ketones (excluding diaryl/α,β-unsaturated/α-hetero) is 1. The molecule has 98 valence electrons. The Morgan fingerprint density at radius 3 is 2.39 bits per heavy atom. The number of nitrogens with one attached hydrogen (secondary N) is 1. The molecule has 0 bridgehead atoms. The molecular weight excluding hydrogens is 230 g/mol. The monoisotopic (exact) mass is 249 g/mol. The van der Waals surface area contributed by atoms with Crippen LogP contribution in [0.4, 0.5) is 5.69 Å². The van der Waals surface area contributed by atoms with Crippen molar-refractivity contribution in [2.75, 3.05) is 19.5 Å². The van der Waals surface area contributed by atoms with E-state index in [2.05, 4.69) is 5.32 Å². The van der Waals surface area contributed by atoms with Crippen LogP contribution in [-0.2, 0) is 4.79 Å². The van der Waals surface area contributed by atoms with Crippen LogP contribution in [-0.4, -0.2) is 26.0 Å². The maximum Gasteiger partial charge on any atom is 0.162 e. The molecule has 2 rings (SSSR count). The van der Waals surface area contributed by atoms with Gasteiger partial charge in [0.2, 0.25) is 0 Å². The predicted molar refractivity (Wildman–Crippen MR) is 70.4 cm³/mol. The van der Waals surface area contributed by atoms with Gasteiger partial charge in [0, 0.05) is 30.6 Å². The molecule has 0 saturated heterocycles. The van der Waals surface area contributed by atoms with Gasteiger partial charge in [-0.05, 0) is 25.0 Å². The van der Waals surface area contributed by atoms with Gasteiger partial charge >= 0.3 is 0 Å². The lowest BCUT2D eigenvalue weighted by Gasteiger charge is -2.23. The Morgan fingerprint density at radius 1 is 1.11 bits per heavy atom. The summed E-state index contributed by atoms with van der Waals surface area (Å²) >= 11 is 0. The SMILES string of the molecule is COc1ccc(NC2CCC(=O)CC2)cc1OC. The van der Waals surface area contributed by atoms with Crippen molar-refractivity contribution in [1.82, 2.24) is 0 Å². The summed E-state index contributed by atoms with van der Waals surface area (Å²) in [7, 11) is 3.25. The fraction of sp³-hybridized carbons (Fsp3) is 0.500. The molecule has 0 atom stereocenters. The molecule has 0 aliphatic heterocycles. The van der Waals surface area contributed by atoms with Gasteiger partial charge in [0.25, 0.3) is 0 Å². The van der Waals surface area contributed by atoms with Gasteiger partial charge in [0.15, 0.2) is 11.5 Å². The molecule has 1 aliphatic rings. The second-order valence-electron chi connectivity index (χ2n) is 4.53. The van der Waals surface area contributed by atoms with E-state index in [4.69, 9.17) is 9.47 Å². The number of benzene rings is 1. The van der Waals surface area contributed by atoms with Gasteiger partial charge in [-0.25, -0.2) is 0 Å². The largest absolute Gasteiger partial charge is 0.493 e. The first-order valence-corrected chi connectivity index (χ1v) is 6.23. The topological polar surface area (TPSA) is 47.6 Å². The number of rotatable bonds is 4. The second-order valence-corrected chi connectivity index (χ2v) is 4.53. The molecule has 0 unspecified atom stereocenters. The van der Waals surface area contributed by atoms with E-state index in [9.17, 15) is 4.79 Å². The summed E-state index contributed by atoms with van der Waals surface area (Å²) < 4.78 is 10.5. The van der Waals surface area contributed by atoms with Crippen LogP contribution < -0.4 is 14.8 Å². The molecule has 18 heavy (non-hydrogen) atoms. The quantitative estimate of drug-likeness (QED) is 0.891. The zero-order valence-corrected chi connectivity index (χ0v) is 10.9. The molecule has 0 amide bonds. The highest BCUT2D eigenvalue weighted by molar-refractivity contribution is 5.79. The fourth-order valence-electron chi connectivity index (χ4n) is 2.25. The first-order valence-electron chi connectivity index (χ1n) is 6.23. The van der Waals surface area contributed by atoms with E-state index in [1.165, 1.54) is 0 Å². The van der Waals surface area contributed by atoms with Gasteiger partial charge in [-0.2, -0.15) is 0 Å². The van der Waals surface area contributed by atoms with Gasteiger partial charge in [0.1, 0.15) is 5.78 Å². The molecule has 1 aliphatic carbocycles. The lowest BCUT2D eigenvalue weighted by atomic mass is 9.94. The number of anilines is 1. The standard InChI is InChI=1S/C14H19NO3/c1-17-13-8-5-11(9-14(13)18-2)15-10-3-6-12(16)7-4-10/h5,8-10,15H,3-4,6-7H2,1-2H3. The zero-order chi connectivity index (χ0) is 13.0. The van der Waals surface area contributed by atoms with Crippen LogP contribution in [0.3, 0.4) is 0 Å². The molecule has 1 fully saturated rings. The van der Waals surface area contributed by atoms with E-state index in [-0.39, 0.29) is 0 Å². The van der Waals surface area contributed by atoms with E-state index in [0.29, 0.717) is 24.7 Å². The fourth-order valence-corrected chi connectivity index (χ4v) is 2.25. The third-order valence-corrected chi connectivity index (χ3v) is 3.30. The third-order valence-electron chi connectivity index (χ3n) is 3.30.